The first-order chi connectivity index (χ1) is 13.0. The number of nitrogens with one attached hydrogen (secondary N) is 1. The Kier molecular flexibility index (Phi) is 6.46. The molecule has 0 bridgehead atoms. The number of nitriles is 1. The molecule has 1 N–H and O–H groups in total. The first kappa shape index (κ1) is 19.4. The average Bonchev–Trinajstić information content (AvgIpc) is 2.68. The van der Waals surface area contributed by atoms with E-state index in [-0.39, 0.29) is 11.9 Å². The van der Waals surface area contributed by atoms with E-state index in [1.165, 1.54) is 5.56 Å². The van der Waals surface area contributed by atoms with Crippen LogP contribution >= 0.6 is 11.6 Å². The number of carbonyl (C=O) groups is 1. The summed E-state index contributed by atoms with van der Waals surface area (Å²) in [5.74, 6) is -0.0478. The molecule has 1 atom stereocenters. The van der Waals surface area contributed by atoms with Crippen LogP contribution in [0.2, 0.25) is 5.02 Å². The van der Waals surface area contributed by atoms with Gasteiger partial charge in [0.1, 0.15) is 0 Å². The smallest absolute Gasteiger partial charge is 0.241 e. The molecular formula is C21H23ClN4O. The van der Waals surface area contributed by atoms with Crippen molar-refractivity contribution in [3.05, 3.63) is 64.7 Å². The second-order valence-corrected chi connectivity index (χ2v) is 7.24. The monoisotopic (exact) mass is 382 g/mol. The summed E-state index contributed by atoms with van der Waals surface area (Å²) in [5, 5.41) is 12.6. The highest BCUT2D eigenvalue weighted by Gasteiger charge is 2.25. The number of benzene rings is 2. The summed E-state index contributed by atoms with van der Waals surface area (Å²) in [6, 6.07) is 16.8. The molecule has 0 radical (unpaired) electrons. The van der Waals surface area contributed by atoms with Crippen LogP contribution in [0.5, 0.6) is 0 Å². The predicted octanol–water partition coefficient (Wildman–Crippen LogP) is 3.36. The van der Waals surface area contributed by atoms with E-state index >= 15 is 0 Å². The van der Waals surface area contributed by atoms with E-state index < -0.39 is 0 Å². The molecule has 1 heterocycles. The normalized spacial score (nSPS) is 16.5. The molecule has 27 heavy (non-hydrogen) atoms. The lowest BCUT2D eigenvalue weighted by Crippen LogP contribution is -2.52. The molecule has 0 unspecified atom stereocenters. The van der Waals surface area contributed by atoms with Crippen LogP contribution in [0.25, 0.3) is 0 Å². The van der Waals surface area contributed by atoms with Gasteiger partial charge in [0.15, 0.2) is 0 Å². The van der Waals surface area contributed by atoms with Crippen LogP contribution in [0.3, 0.4) is 0 Å². The zero-order valence-corrected chi connectivity index (χ0v) is 16.1. The van der Waals surface area contributed by atoms with Crippen LogP contribution in [-0.4, -0.2) is 47.9 Å². The minimum absolute atomic E-state index is 0.0478. The van der Waals surface area contributed by atoms with Crippen LogP contribution in [0.15, 0.2) is 48.5 Å². The van der Waals surface area contributed by atoms with Gasteiger partial charge >= 0.3 is 0 Å². The number of piperazine rings is 1. The van der Waals surface area contributed by atoms with Gasteiger partial charge in [-0.15, -0.1) is 0 Å². The lowest BCUT2D eigenvalue weighted by Gasteiger charge is -2.37. The molecule has 1 saturated heterocycles. The third-order valence-corrected chi connectivity index (χ3v) is 5.12. The number of halogens is 1. The summed E-state index contributed by atoms with van der Waals surface area (Å²) in [6.45, 7) is 6.30. The van der Waals surface area contributed by atoms with Gasteiger partial charge in [0.05, 0.1) is 17.7 Å². The van der Waals surface area contributed by atoms with Gasteiger partial charge in [0.2, 0.25) is 5.91 Å². The summed E-state index contributed by atoms with van der Waals surface area (Å²) in [4.78, 5) is 17.1. The topological polar surface area (TPSA) is 59.4 Å². The summed E-state index contributed by atoms with van der Waals surface area (Å²) >= 11 is 6.06. The van der Waals surface area contributed by atoms with E-state index in [0.717, 1.165) is 37.7 Å². The van der Waals surface area contributed by atoms with Gasteiger partial charge in [0, 0.05) is 43.4 Å². The van der Waals surface area contributed by atoms with E-state index in [1.807, 2.05) is 25.1 Å². The number of anilines is 1. The van der Waals surface area contributed by atoms with Crippen molar-refractivity contribution in [2.24, 2.45) is 0 Å². The molecule has 0 aromatic heterocycles. The Balaban J connectivity index is 1.51. The fraction of sp³-hybridized carbons (Fsp3) is 0.333. The SMILES string of the molecule is C[C@@H](C(=O)Nc1cccc(C#N)c1)N1CCN(Cc2cccc(Cl)c2)CC1. The van der Waals surface area contributed by atoms with Crippen LogP contribution < -0.4 is 5.32 Å². The van der Waals surface area contributed by atoms with Gasteiger partial charge in [-0.2, -0.15) is 5.26 Å². The molecular weight excluding hydrogens is 360 g/mol. The molecule has 0 saturated carbocycles. The van der Waals surface area contributed by atoms with Crippen molar-refractivity contribution in [1.82, 2.24) is 9.80 Å². The number of amides is 1. The van der Waals surface area contributed by atoms with E-state index in [0.29, 0.717) is 11.3 Å². The van der Waals surface area contributed by atoms with Gasteiger partial charge in [0.25, 0.3) is 0 Å². The quantitative estimate of drug-likeness (QED) is 0.861. The number of rotatable bonds is 5. The maximum atomic E-state index is 12.6. The molecule has 140 valence electrons. The van der Waals surface area contributed by atoms with Gasteiger partial charge in [-0.05, 0) is 42.8 Å². The van der Waals surface area contributed by atoms with E-state index in [1.54, 1.807) is 24.3 Å². The van der Waals surface area contributed by atoms with Crippen molar-refractivity contribution < 1.29 is 4.79 Å². The predicted molar refractivity (Wildman–Crippen MR) is 108 cm³/mol. The third kappa shape index (κ3) is 5.30. The first-order valence-corrected chi connectivity index (χ1v) is 9.45. The standard InChI is InChI=1S/C21H23ClN4O/c1-16(21(27)24-20-7-3-4-17(13-20)14-23)26-10-8-25(9-11-26)15-18-5-2-6-19(22)12-18/h2-7,12-13,16H,8-11,15H2,1H3,(H,24,27)/t16-/m0/s1. The highest BCUT2D eigenvalue weighted by molar-refractivity contribution is 6.30. The van der Waals surface area contributed by atoms with Gasteiger partial charge in [-0.3, -0.25) is 14.6 Å². The Morgan fingerprint density at radius 1 is 1.19 bits per heavy atom. The van der Waals surface area contributed by atoms with Crippen molar-refractivity contribution >= 4 is 23.2 Å². The van der Waals surface area contributed by atoms with Gasteiger partial charge in [-0.25, -0.2) is 0 Å². The van der Waals surface area contributed by atoms with Crippen molar-refractivity contribution in [2.45, 2.75) is 19.5 Å². The highest BCUT2D eigenvalue weighted by Crippen LogP contribution is 2.16. The van der Waals surface area contributed by atoms with E-state index in [9.17, 15) is 4.79 Å². The Labute approximate surface area is 165 Å². The fourth-order valence-electron chi connectivity index (χ4n) is 3.28. The molecule has 6 heteroatoms. The summed E-state index contributed by atoms with van der Waals surface area (Å²) in [5.41, 5.74) is 2.40. The molecule has 3 rings (SSSR count). The first-order valence-electron chi connectivity index (χ1n) is 9.07. The fourth-order valence-corrected chi connectivity index (χ4v) is 3.49. The van der Waals surface area contributed by atoms with Crippen molar-refractivity contribution in [1.29, 1.82) is 5.26 Å². The zero-order valence-electron chi connectivity index (χ0n) is 15.4. The Morgan fingerprint density at radius 2 is 1.93 bits per heavy atom. The number of nitrogens with zero attached hydrogens (tertiary/aromatic N) is 3. The van der Waals surface area contributed by atoms with Crippen molar-refractivity contribution in [3.63, 3.8) is 0 Å². The summed E-state index contributed by atoms with van der Waals surface area (Å²) < 4.78 is 0. The van der Waals surface area contributed by atoms with E-state index in [4.69, 9.17) is 16.9 Å². The van der Waals surface area contributed by atoms with E-state index in [2.05, 4.69) is 27.3 Å². The highest BCUT2D eigenvalue weighted by atomic mass is 35.5. The lowest BCUT2D eigenvalue weighted by molar-refractivity contribution is -0.121. The van der Waals surface area contributed by atoms with Crippen LogP contribution in [-0.2, 0) is 11.3 Å². The minimum Gasteiger partial charge on any atom is -0.325 e. The van der Waals surface area contributed by atoms with Crippen molar-refractivity contribution in [3.8, 4) is 6.07 Å². The van der Waals surface area contributed by atoms with Crippen LogP contribution in [0.1, 0.15) is 18.1 Å². The number of carbonyl (C=O) groups excluding carboxylic acids is 1. The Hall–Kier alpha value is -2.39. The molecule has 5 nitrogen and oxygen atoms in total. The minimum atomic E-state index is -0.218. The second-order valence-electron chi connectivity index (χ2n) is 6.80. The number of hydrogen-bond acceptors (Lipinski definition) is 4. The summed E-state index contributed by atoms with van der Waals surface area (Å²) in [6.07, 6.45) is 0. The zero-order chi connectivity index (χ0) is 19.2. The number of hydrogen-bond donors (Lipinski definition) is 1. The Bertz CT molecular complexity index is 840. The molecule has 2 aromatic rings. The molecule has 0 spiro atoms. The van der Waals surface area contributed by atoms with Gasteiger partial charge < -0.3 is 5.32 Å². The molecule has 1 aliphatic rings. The van der Waals surface area contributed by atoms with Crippen LogP contribution in [0.4, 0.5) is 5.69 Å². The molecule has 1 fully saturated rings. The second kappa shape index (κ2) is 9.01. The summed E-state index contributed by atoms with van der Waals surface area (Å²) in [7, 11) is 0. The molecule has 0 aliphatic carbocycles. The maximum absolute atomic E-state index is 12.6. The molecule has 1 amide bonds. The molecule has 2 aromatic carbocycles. The van der Waals surface area contributed by atoms with Gasteiger partial charge in [-0.1, -0.05) is 29.8 Å². The maximum Gasteiger partial charge on any atom is 0.241 e. The lowest BCUT2D eigenvalue weighted by atomic mass is 10.1. The molecule has 1 aliphatic heterocycles. The Morgan fingerprint density at radius 3 is 2.63 bits per heavy atom. The third-order valence-electron chi connectivity index (χ3n) is 4.89. The average molecular weight is 383 g/mol. The van der Waals surface area contributed by atoms with Crippen LogP contribution in [0, 0.1) is 11.3 Å². The van der Waals surface area contributed by atoms with Crippen molar-refractivity contribution in [2.75, 3.05) is 31.5 Å². The largest absolute Gasteiger partial charge is 0.325 e.